The van der Waals surface area contributed by atoms with Crippen molar-refractivity contribution in [1.29, 1.82) is 0 Å². The molecule has 120 valence electrons. The van der Waals surface area contributed by atoms with E-state index in [0.717, 1.165) is 34.6 Å². The molecule has 3 rings (SSSR count). The zero-order valence-electron chi connectivity index (χ0n) is 13.6. The molecule has 4 heteroatoms. The summed E-state index contributed by atoms with van der Waals surface area (Å²) in [5.41, 5.74) is 7.14. The molecule has 0 spiro atoms. The van der Waals surface area contributed by atoms with E-state index in [1.807, 2.05) is 11.4 Å². The van der Waals surface area contributed by atoms with Crippen LogP contribution in [0.25, 0.3) is 11.1 Å². The van der Waals surface area contributed by atoms with Gasteiger partial charge in [-0.1, -0.05) is 36.8 Å². The molecule has 1 aliphatic carbocycles. The molecule has 1 saturated carbocycles. The van der Waals surface area contributed by atoms with E-state index in [1.165, 1.54) is 29.7 Å². The topological polar surface area (TPSA) is 41.5 Å². The third-order valence-electron chi connectivity index (χ3n) is 4.30. The van der Waals surface area contributed by atoms with Crippen LogP contribution in [0, 0.1) is 12.8 Å². The molecule has 0 radical (unpaired) electrons. The lowest BCUT2D eigenvalue weighted by molar-refractivity contribution is 0.0959. The predicted octanol–water partition coefficient (Wildman–Crippen LogP) is 5.02. The lowest BCUT2D eigenvalue weighted by Gasteiger charge is -2.18. The van der Waals surface area contributed by atoms with E-state index in [0.29, 0.717) is 5.92 Å². The van der Waals surface area contributed by atoms with Gasteiger partial charge in [0.15, 0.2) is 0 Å². The number of carbonyl (C=O) groups excluding carboxylic acids is 1. The van der Waals surface area contributed by atoms with Gasteiger partial charge in [-0.25, -0.2) is 5.43 Å². The van der Waals surface area contributed by atoms with Gasteiger partial charge in [0.2, 0.25) is 0 Å². The number of aryl methyl sites for hydroxylation is 1. The molecule has 1 aromatic carbocycles. The predicted molar refractivity (Wildman–Crippen MR) is 97.0 cm³/mol. The largest absolute Gasteiger partial charge is 0.282 e. The fraction of sp³-hybridized carbons (Fsp3) is 0.368. The van der Waals surface area contributed by atoms with Crippen LogP contribution in [0.1, 0.15) is 47.8 Å². The maximum Gasteiger partial charge on any atom is 0.282 e. The molecule has 3 nitrogen and oxygen atoms in total. The van der Waals surface area contributed by atoms with Gasteiger partial charge in [-0.05, 0) is 55.5 Å². The maximum atomic E-state index is 12.5. The van der Waals surface area contributed by atoms with Crippen molar-refractivity contribution in [3.05, 3.63) is 46.2 Å². The summed E-state index contributed by atoms with van der Waals surface area (Å²) >= 11 is 1.46. The van der Waals surface area contributed by atoms with Gasteiger partial charge in [0.1, 0.15) is 4.88 Å². The maximum absolute atomic E-state index is 12.5. The first-order valence-electron chi connectivity index (χ1n) is 8.14. The number of hydrogen-bond acceptors (Lipinski definition) is 3. The Balaban J connectivity index is 1.75. The summed E-state index contributed by atoms with van der Waals surface area (Å²) in [5, 5.41) is 6.32. The lowest BCUT2D eigenvalue weighted by Crippen LogP contribution is -2.22. The summed E-state index contributed by atoms with van der Waals surface area (Å²) in [7, 11) is 0. The van der Waals surface area contributed by atoms with Crippen LogP contribution in [0.5, 0.6) is 0 Å². The van der Waals surface area contributed by atoms with Gasteiger partial charge < -0.3 is 0 Å². The summed E-state index contributed by atoms with van der Waals surface area (Å²) in [6.45, 7) is 4.30. The van der Waals surface area contributed by atoms with Crippen LogP contribution in [0.3, 0.4) is 0 Å². The molecule has 0 bridgehead atoms. The highest BCUT2D eigenvalue weighted by Gasteiger charge is 2.17. The molecule has 1 N–H and O–H groups in total. The van der Waals surface area contributed by atoms with Gasteiger partial charge in [0.25, 0.3) is 5.91 Å². The minimum absolute atomic E-state index is 0.110. The van der Waals surface area contributed by atoms with E-state index in [9.17, 15) is 4.79 Å². The molecular formula is C19H22N2OS. The molecule has 23 heavy (non-hydrogen) atoms. The van der Waals surface area contributed by atoms with Crippen LogP contribution >= 0.6 is 11.3 Å². The molecule has 1 amide bonds. The lowest BCUT2D eigenvalue weighted by atomic mass is 9.89. The Morgan fingerprint density at radius 3 is 2.78 bits per heavy atom. The number of nitrogens with one attached hydrogen (secondary N) is 1. The Labute approximate surface area is 141 Å². The van der Waals surface area contributed by atoms with Crippen LogP contribution in [0.2, 0.25) is 0 Å². The Hall–Kier alpha value is -1.94. The van der Waals surface area contributed by atoms with Crippen molar-refractivity contribution in [1.82, 2.24) is 5.43 Å². The van der Waals surface area contributed by atoms with E-state index in [1.54, 1.807) is 0 Å². The smallest absolute Gasteiger partial charge is 0.266 e. The van der Waals surface area contributed by atoms with Crippen molar-refractivity contribution >= 4 is 23.0 Å². The molecule has 1 aromatic heterocycles. The monoisotopic (exact) mass is 326 g/mol. The van der Waals surface area contributed by atoms with Crippen molar-refractivity contribution in [3.8, 4) is 11.1 Å². The highest BCUT2D eigenvalue weighted by molar-refractivity contribution is 7.12. The molecule has 0 aliphatic heterocycles. The zero-order valence-corrected chi connectivity index (χ0v) is 14.5. The average molecular weight is 326 g/mol. The second-order valence-electron chi connectivity index (χ2n) is 6.35. The Bertz CT molecular complexity index is 715. The number of benzene rings is 1. The first-order valence-corrected chi connectivity index (χ1v) is 9.02. The second-order valence-corrected chi connectivity index (χ2v) is 7.27. The molecule has 1 fully saturated rings. The first-order chi connectivity index (χ1) is 11.1. The number of hydrazone groups is 1. The molecule has 1 atom stereocenters. The number of carbonyl (C=O) groups is 1. The minimum atomic E-state index is -0.110. The molecule has 2 aromatic rings. The SMILES string of the molecule is Cc1ccc(-c2ccsc2C(=O)N/N=C2\CCC[C@@H](C)C2)cc1. The van der Waals surface area contributed by atoms with Crippen molar-refractivity contribution in [2.75, 3.05) is 0 Å². The summed E-state index contributed by atoms with van der Waals surface area (Å²) < 4.78 is 0. The van der Waals surface area contributed by atoms with E-state index in [-0.39, 0.29) is 5.91 Å². The van der Waals surface area contributed by atoms with Crippen LogP contribution in [-0.2, 0) is 0 Å². The molecule has 1 aliphatic rings. The number of thiophene rings is 1. The van der Waals surface area contributed by atoms with Gasteiger partial charge in [0, 0.05) is 11.3 Å². The van der Waals surface area contributed by atoms with Crippen LogP contribution in [0.15, 0.2) is 40.8 Å². The average Bonchev–Trinajstić information content (AvgIpc) is 3.03. The normalized spacial score (nSPS) is 19.7. The quantitative estimate of drug-likeness (QED) is 0.791. The van der Waals surface area contributed by atoms with Crippen molar-refractivity contribution in [2.45, 2.75) is 39.5 Å². The van der Waals surface area contributed by atoms with Gasteiger partial charge in [-0.2, -0.15) is 5.10 Å². The summed E-state index contributed by atoms with van der Waals surface area (Å²) in [4.78, 5) is 13.2. The summed E-state index contributed by atoms with van der Waals surface area (Å²) in [6, 6.07) is 10.3. The van der Waals surface area contributed by atoms with E-state index < -0.39 is 0 Å². The zero-order chi connectivity index (χ0) is 16.2. The van der Waals surface area contributed by atoms with E-state index in [4.69, 9.17) is 0 Å². The molecule has 0 unspecified atom stereocenters. The number of nitrogens with zero attached hydrogens (tertiary/aromatic N) is 1. The fourth-order valence-electron chi connectivity index (χ4n) is 2.99. The van der Waals surface area contributed by atoms with Crippen molar-refractivity contribution in [2.24, 2.45) is 11.0 Å². The molecule has 1 heterocycles. The molecule has 0 saturated heterocycles. The Morgan fingerprint density at radius 2 is 2.04 bits per heavy atom. The standard InChI is InChI=1S/C19H22N2OS/c1-13-6-8-15(9-7-13)17-10-11-23-18(17)19(22)21-20-16-5-3-4-14(2)12-16/h6-11,14H,3-5,12H2,1-2H3,(H,21,22)/b20-16+/t14-/m1/s1. The summed E-state index contributed by atoms with van der Waals surface area (Å²) in [5.74, 6) is 0.561. The third kappa shape index (κ3) is 3.88. The van der Waals surface area contributed by atoms with Gasteiger partial charge in [0.05, 0.1) is 0 Å². The highest BCUT2D eigenvalue weighted by atomic mass is 32.1. The first kappa shape index (κ1) is 15.9. The Morgan fingerprint density at radius 1 is 1.26 bits per heavy atom. The van der Waals surface area contributed by atoms with Crippen LogP contribution in [0.4, 0.5) is 0 Å². The molecular weight excluding hydrogens is 304 g/mol. The van der Waals surface area contributed by atoms with Gasteiger partial charge in [-0.3, -0.25) is 4.79 Å². The van der Waals surface area contributed by atoms with Gasteiger partial charge in [-0.15, -0.1) is 11.3 Å². The highest BCUT2D eigenvalue weighted by Crippen LogP contribution is 2.28. The minimum Gasteiger partial charge on any atom is -0.266 e. The van der Waals surface area contributed by atoms with Crippen LogP contribution in [-0.4, -0.2) is 11.6 Å². The second kappa shape index (κ2) is 7.09. The number of rotatable bonds is 3. The summed E-state index contributed by atoms with van der Waals surface area (Å²) in [6.07, 6.45) is 4.42. The van der Waals surface area contributed by atoms with E-state index >= 15 is 0 Å². The third-order valence-corrected chi connectivity index (χ3v) is 5.21. The van der Waals surface area contributed by atoms with Crippen molar-refractivity contribution in [3.63, 3.8) is 0 Å². The number of amides is 1. The van der Waals surface area contributed by atoms with E-state index in [2.05, 4.69) is 48.6 Å². The van der Waals surface area contributed by atoms with Crippen molar-refractivity contribution < 1.29 is 4.79 Å². The number of hydrogen-bond donors (Lipinski definition) is 1. The fourth-order valence-corrected chi connectivity index (χ4v) is 3.79. The Kier molecular flexibility index (Phi) is 4.91. The van der Waals surface area contributed by atoms with Crippen LogP contribution < -0.4 is 5.43 Å². The van der Waals surface area contributed by atoms with Gasteiger partial charge >= 0.3 is 0 Å².